The molecule has 0 unspecified atom stereocenters. The zero-order valence-electron chi connectivity index (χ0n) is 14.9. The van der Waals surface area contributed by atoms with Gasteiger partial charge in [0.25, 0.3) is 0 Å². The third-order valence-corrected chi connectivity index (χ3v) is 3.75. The third-order valence-electron chi connectivity index (χ3n) is 3.75. The first kappa shape index (κ1) is 19.2. The van der Waals surface area contributed by atoms with Crippen LogP contribution in [-0.2, 0) is 9.53 Å². The number of benzene rings is 1. The van der Waals surface area contributed by atoms with E-state index in [2.05, 4.69) is 25.5 Å². The fraction of sp³-hybridized carbons (Fsp3) is 0.579. The Kier molecular flexibility index (Phi) is 7.79. The standard InChI is InChI=1S/C19H28O4/c1-6-10-23-18-11-14(4)16(12-15(18)13(2)3)17(20)8-7-9-19(21)22-5/h11-13H,6-10H2,1-5H3. The van der Waals surface area contributed by atoms with Crippen LogP contribution in [-0.4, -0.2) is 25.5 Å². The van der Waals surface area contributed by atoms with Gasteiger partial charge in [-0.1, -0.05) is 20.8 Å². The molecule has 0 radical (unpaired) electrons. The van der Waals surface area contributed by atoms with Crippen molar-refractivity contribution in [3.05, 3.63) is 28.8 Å². The molecule has 0 saturated carbocycles. The van der Waals surface area contributed by atoms with Crippen LogP contribution >= 0.6 is 0 Å². The summed E-state index contributed by atoms with van der Waals surface area (Å²) in [5, 5.41) is 0. The number of esters is 1. The summed E-state index contributed by atoms with van der Waals surface area (Å²) in [6.07, 6.45) is 2.08. The van der Waals surface area contributed by atoms with Crippen molar-refractivity contribution in [3.8, 4) is 5.75 Å². The van der Waals surface area contributed by atoms with Crippen molar-refractivity contribution in [1.82, 2.24) is 0 Å². The Labute approximate surface area is 139 Å². The predicted octanol–water partition coefficient (Wildman–Crippen LogP) is 4.43. The third kappa shape index (κ3) is 5.70. The normalized spacial score (nSPS) is 10.7. The predicted molar refractivity (Wildman–Crippen MR) is 91.3 cm³/mol. The summed E-state index contributed by atoms with van der Waals surface area (Å²) in [6.45, 7) is 8.85. The second-order valence-electron chi connectivity index (χ2n) is 6.06. The summed E-state index contributed by atoms with van der Waals surface area (Å²) < 4.78 is 10.4. The minimum atomic E-state index is -0.277. The van der Waals surface area contributed by atoms with E-state index in [0.29, 0.717) is 19.4 Å². The number of carbonyl (C=O) groups excluding carboxylic acids is 2. The van der Waals surface area contributed by atoms with E-state index in [1.54, 1.807) is 0 Å². The van der Waals surface area contributed by atoms with Crippen molar-refractivity contribution in [2.75, 3.05) is 13.7 Å². The SMILES string of the molecule is CCCOc1cc(C)c(C(=O)CCCC(=O)OC)cc1C(C)C. The van der Waals surface area contributed by atoms with E-state index in [9.17, 15) is 9.59 Å². The highest BCUT2D eigenvalue weighted by Crippen LogP contribution is 2.30. The zero-order valence-corrected chi connectivity index (χ0v) is 14.9. The van der Waals surface area contributed by atoms with Crippen LogP contribution < -0.4 is 4.74 Å². The topological polar surface area (TPSA) is 52.6 Å². The number of carbonyl (C=O) groups is 2. The summed E-state index contributed by atoms with van der Waals surface area (Å²) in [5.41, 5.74) is 2.70. The van der Waals surface area contributed by atoms with Crippen LogP contribution in [0.15, 0.2) is 12.1 Å². The van der Waals surface area contributed by atoms with Crippen LogP contribution in [0.5, 0.6) is 5.75 Å². The van der Waals surface area contributed by atoms with E-state index in [-0.39, 0.29) is 24.1 Å². The minimum absolute atomic E-state index is 0.0651. The van der Waals surface area contributed by atoms with Gasteiger partial charge in [0.2, 0.25) is 0 Å². The maximum absolute atomic E-state index is 12.4. The molecule has 0 atom stereocenters. The average Bonchev–Trinajstić information content (AvgIpc) is 2.52. The maximum atomic E-state index is 12.4. The number of Topliss-reactive ketones (excluding diaryl/α,β-unsaturated/α-hetero) is 1. The van der Waals surface area contributed by atoms with Gasteiger partial charge in [0.05, 0.1) is 13.7 Å². The lowest BCUT2D eigenvalue weighted by Gasteiger charge is -2.17. The Hall–Kier alpha value is -1.84. The van der Waals surface area contributed by atoms with Gasteiger partial charge >= 0.3 is 5.97 Å². The number of ketones is 1. The quantitative estimate of drug-likeness (QED) is 0.499. The smallest absolute Gasteiger partial charge is 0.305 e. The number of ether oxygens (including phenoxy) is 2. The van der Waals surface area contributed by atoms with Crippen LogP contribution in [0, 0.1) is 6.92 Å². The molecule has 0 aliphatic carbocycles. The fourth-order valence-electron chi connectivity index (χ4n) is 2.42. The van der Waals surface area contributed by atoms with Gasteiger partial charge in [-0.05, 0) is 48.9 Å². The molecule has 0 spiro atoms. The van der Waals surface area contributed by atoms with Crippen molar-refractivity contribution in [1.29, 1.82) is 0 Å². The van der Waals surface area contributed by atoms with E-state index in [0.717, 1.165) is 28.9 Å². The number of hydrogen-bond acceptors (Lipinski definition) is 4. The van der Waals surface area contributed by atoms with E-state index >= 15 is 0 Å². The van der Waals surface area contributed by atoms with Crippen LogP contribution in [0.4, 0.5) is 0 Å². The highest BCUT2D eigenvalue weighted by Gasteiger charge is 2.16. The molecule has 23 heavy (non-hydrogen) atoms. The van der Waals surface area contributed by atoms with Gasteiger partial charge in [0.1, 0.15) is 5.75 Å². The molecule has 0 aromatic heterocycles. The van der Waals surface area contributed by atoms with Crippen molar-refractivity contribution in [2.45, 2.75) is 59.3 Å². The Bertz CT molecular complexity index is 547. The molecule has 1 rings (SSSR count). The minimum Gasteiger partial charge on any atom is -0.493 e. The van der Waals surface area contributed by atoms with Crippen LogP contribution in [0.2, 0.25) is 0 Å². The van der Waals surface area contributed by atoms with Gasteiger partial charge in [-0.2, -0.15) is 0 Å². The Balaban J connectivity index is 2.91. The molecule has 0 heterocycles. The molecule has 0 N–H and O–H groups in total. The van der Waals surface area contributed by atoms with E-state index in [1.165, 1.54) is 7.11 Å². The fourth-order valence-corrected chi connectivity index (χ4v) is 2.42. The monoisotopic (exact) mass is 320 g/mol. The first-order chi connectivity index (χ1) is 10.9. The number of methoxy groups -OCH3 is 1. The van der Waals surface area contributed by atoms with Crippen molar-refractivity contribution in [3.63, 3.8) is 0 Å². The molecule has 0 amide bonds. The maximum Gasteiger partial charge on any atom is 0.305 e. The van der Waals surface area contributed by atoms with Crippen LogP contribution in [0.25, 0.3) is 0 Å². The summed E-state index contributed by atoms with van der Waals surface area (Å²) in [7, 11) is 1.36. The molecular weight excluding hydrogens is 292 g/mol. The lowest BCUT2D eigenvalue weighted by molar-refractivity contribution is -0.140. The Morgan fingerprint density at radius 3 is 2.43 bits per heavy atom. The summed E-state index contributed by atoms with van der Waals surface area (Å²) in [5.74, 6) is 0.936. The lowest BCUT2D eigenvalue weighted by Crippen LogP contribution is -2.08. The zero-order chi connectivity index (χ0) is 17.4. The van der Waals surface area contributed by atoms with Gasteiger partial charge in [-0.15, -0.1) is 0 Å². The van der Waals surface area contributed by atoms with Gasteiger partial charge in [0.15, 0.2) is 5.78 Å². The molecule has 0 fully saturated rings. The van der Waals surface area contributed by atoms with Gasteiger partial charge in [-0.25, -0.2) is 0 Å². The molecule has 0 saturated heterocycles. The second kappa shape index (κ2) is 9.33. The molecule has 0 aliphatic heterocycles. The number of rotatable bonds is 9. The first-order valence-electron chi connectivity index (χ1n) is 8.28. The molecule has 128 valence electrons. The summed E-state index contributed by atoms with van der Waals surface area (Å²) in [6, 6.07) is 3.91. The number of aryl methyl sites for hydroxylation is 1. The lowest BCUT2D eigenvalue weighted by atomic mass is 9.93. The van der Waals surface area contributed by atoms with Crippen molar-refractivity contribution >= 4 is 11.8 Å². The molecule has 1 aromatic carbocycles. The van der Waals surface area contributed by atoms with Crippen molar-refractivity contribution in [2.24, 2.45) is 0 Å². The molecular formula is C19H28O4. The molecule has 4 nitrogen and oxygen atoms in total. The van der Waals surface area contributed by atoms with E-state index in [4.69, 9.17) is 4.74 Å². The molecule has 0 bridgehead atoms. The van der Waals surface area contributed by atoms with Crippen LogP contribution in [0.1, 0.15) is 73.9 Å². The Morgan fingerprint density at radius 2 is 1.87 bits per heavy atom. The first-order valence-corrected chi connectivity index (χ1v) is 8.28. The van der Waals surface area contributed by atoms with Gasteiger partial charge in [0, 0.05) is 18.4 Å². The highest BCUT2D eigenvalue weighted by atomic mass is 16.5. The molecule has 4 heteroatoms. The van der Waals surface area contributed by atoms with Crippen molar-refractivity contribution < 1.29 is 19.1 Å². The second-order valence-corrected chi connectivity index (χ2v) is 6.06. The molecule has 0 aliphatic rings. The number of hydrogen-bond donors (Lipinski definition) is 0. The van der Waals surface area contributed by atoms with E-state index in [1.807, 2.05) is 19.1 Å². The largest absolute Gasteiger partial charge is 0.493 e. The van der Waals surface area contributed by atoms with Gasteiger partial charge < -0.3 is 9.47 Å². The van der Waals surface area contributed by atoms with Gasteiger partial charge in [-0.3, -0.25) is 9.59 Å². The molecule has 1 aromatic rings. The highest BCUT2D eigenvalue weighted by molar-refractivity contribution is 5.98. The summed E-state index contributed by atoms with van der Waals surface area (Å²) in [4.78, 5) is 23.6. The Morgan fingerprint density at radius 1 is 1.17 bits per heavy atom. The summed E-state index contributed by atoms with van der Waals surface area (Å²) >= 11 is 0. The average molecular weight is 320 g/mol. The van der Waals surface area contributed by atoms with Crippen LogP contribution in [0.3, 0.4) is 0 Å². The van der Waals surface area contributed by atoms with E-state index < -0.39 is 0 Å².